The molecule has 0 spiro atoms. The number of H-pyrrole nitrogens is 1. The third-order valence-corrected chi connectivity index (χ3v) is 6.19. The zero-order chi connectivity index (χ0) is 23.2. The van der Waals surface area contributed by atoms with Crippen molar-refractivity contribution in [3.05, 3.63) is 53.4 Å². The van der Waals surface area contributed by atoms with Gasteiger partial charge in [-0.1, -0.05) is 38.8 Å². The summed E-state index contributed by atoms with van der Waals surface area (Å²) in [4.78, 5) is 10.6. The number of hydrogen-bond donors (Lipinski definition) is 3. The molecule has 1 aromatic carbocycles. The Morgan fingerprint density at radius 2 is 2.00 bits per heavy atom. The fourth-order valence-corrected chi connectivity index (χ4v) is 4.47. The summed E-state index contributed by atoms with van der Waals surface area (Å²) in [5.41, 5.74) is 13.9. The molecule has 0 aliphatic carbocycles. The van der Waals surface area contributed by atoms with E-state index in [0.717, 1.165) is 86.7 Å². The minimum absolute atomic E-state index is 0.536. The van der Waals surface area contributed by atoms with Crippen molar-refractivity contribution in [2.45, 2.75) is 53.0 Å². The maximum absolute atomic E-state index is 6.17. The number of unbranched alkanes of at least 4 members (excludes halogenated alkanes) is 1. The lowest BCUT2D eigenvalue weighted by Crippen LogP contribution is -2.35. The van der Waals surface area contributed by atoms with Gasteiger partial charge < -0.3 is 20.8 Å². The highest BCUT2D eigenvalue weighted by Gasteiger charge is 2.15. The van der Waals surface area contributed by atoms with Crippen molar-refractivity contribution in [2.24, 2.45) is 0 Å². The minimum atomic E-state index is 0.536. The molecule has 0 saturated carbocycles. The maximum atomic E-state index is 6.17. The molecule has 0 amide bonds. The molecule has 1 fully saturated rings. The number of nitrogen functional groups attached to an aromatic ring is 1. The molecule has 1 aliphatic heterocycles. The Labute approximate surface area is 197 Å². The lowest BCUT2D eigenvalue weighted by Gasteiger charge is -2.26. The summed E-state index contributed by atoms with van der Waals surface area (Å²) in [7, 11) is 0. The molecule has 1 saturated heterocycles. The average Bonchev–Trinajstić information content (AvgIpc) is 3.23. The first-order valence-corrected chi connectivity index (χ1v) is 12.2. The summed E-state index contributed by atoms with van der Waals surface area (Å²) in [5, 5.41) is 4.90. The number of benzene rings is 1. The van der Waals surface area contributed by atoms with Gasteiger partial charge in [-0.2, -0.15) is 0 Å². The van der Waals surface area contributed by atoms with Crippen molar-refractivity contribution in [1.82, 2.24) is 14.9 Å². The second-order valence-corrected chi connectivity index (χ2v) is 8.94. The van der Waals surface area contributed by atoms with Gasteiger partial charge in [0.05, 0.1) is 24.6 Å². The summed E-state index contributed by atoms with van der Waals surface area (Å²) < 4.78 is 5.48. The highest BCUT2D eigenvalue weighted by molar-refractivity contribution is 5.90. The fourth-order valence-electron chi connectivity index (χ4n) is 4.47. The van der Waals surface area contributed by atoms with Gasteiger partial charge in [-0.3, -0.25) is 4.90 Å². The van der Waals surface area contributed by atoms with Crippen molar-refractivity contribution in [3.8, 4) is 11.3 Å². The highest BCUT2D eigenvalue weighted by Crippen LogP contribution is 2.34. The third kappa shape index (κ3) is 5.75. The Balaban J connectivity index is 1.66. The zero-order valence-electron chi connectivity index (χ0n) is 20.2. The Hall–Kier alpha value is -2.83. The fraction of sp³-hybridized carbons (Fsp3) is 0.444. The number of morpholine rings is 1. The maximum Gasteiger partial charge on any atom is 0.124 e. The number of nitrogens with two attached hydrogens (primary N) is 1. The number of aromatic nitrogens is 2. The quantitative estimate of drug-likeness (QED) is 0.383. The monoisotopic (exact) mass is 447 g/mol. The van der Waals surface area contributed by atoms with Crippen LogP contribution in [0.1, 0.15) is 50.8 Å². The van der Waals surface area contributed by atoms with E-state index in [9.17, 15) is 0 Å². The number of anilines is 2. The molecule has 1 aliphatic rings. The van der Waals surface area contributed by atoms with Crippen LogP contribution in [0.5, 0.6) is 0 Å². The lowest BCUT2D eigenvalue weighted by molar-refractivity contribution is 0.0342. The Morgan fingerprint density at radius 1 is 1.18 bits per heavy atom. The van der Waals surface area contributed by atoms with Gasteiger partial charge in [-0.25, -0.2) is 4.98 Å². The molecule has 0 bridgehead atoms. The normalized spacial score (nSPS) is 15.3. The number of aromatic amines is 1. The molecule has 0 atom stereocenters. The zero-order valence-corrected chi connectivity index (χ0v) is 20.2. The summed E-state index contributed by atoms with van der Waals surface area (Å²) in [6.07, 6.45) is 6.62. The number of rotatable bonds is 9. The largest absolute Gasteiger partial charge is 0.384 e. The topological polar surface area (TPSA) is 79.2 Å². The number of nitrogens with one attached hydrogen (secondary N) is 2. The molecule has 33 heavy (non-hydrogen) atoms. The van der Waals surface area contributed by atoms with Crippen molar-refractivity contribution in [3.63, 3.8) is 0 Å². The van der Waals surface area contributed by atoms with E-state index in [0.29, 0.717) is 5.82 Å². The molecule has 3 heterocycles. The third-order valence-electron chi connectivity index (χ3n) is 6.19. The number of hydrogen-bond acceptors (Lipinski definition) is 5. The van der Waals surface area contributed by atoms with Crippen LogP contribution < -0.4 is 11.1 Å². The molecular formula is C27H37N5O. The molecule has 0 unspecified atom stereocenters. The number of fused-ring (bicyclic) bond motifs is 1. The smallest absolute Gasteiger partial charge is 0.124 e. The summed E-state index contributed by atoms with van der Waals surface area (Å²) in [6.45, 7) is 11.0. The van der Waals surface area contributed by atoms with Crippen LogP contribution in [0.4, 0.5) is 11.5 Å². The summed E-state index contributed by atoms with van der Waals surface area (Å²) in [6, 6.07) is 10.9. The SMILES string of the molecule is CCC/C=C(/CCC)Nc1c(-c2cc3cc(CN4CCOCC4)ccc3[nH]2)cc(N)nc1C. The number of ether oxygens (including phenoxy) is 1. The first-order chi connectivity index (χ1) is 16.1. The van der Waals surface area contributed by atoms with E-state index >= 15 is 0 Å². The van der Waals surface area contributed by atoms with Gasteiger partial charge in [-0.05, 0) is 49.6 Å². The van der Waals surface area contributed by atoms with Gasteiger partial charge in [0.25, 0.3) is 0 Å². The molecule has 6 heteroatoms. The van der Waals surface area contributed by atoms with Crippen molar-refractivity contribution >= 4 is 22.4 Å². The van der Waals surface area contributed by atoms with Crippen LogP contribution in [0.15, 0.2) is 42.1 Å². The molecule has 2 aromatic heterocycles. The van der Waals surface area contributed by atoms with Gasteiger partial charge in [0.2, 0.25) is 0 Å². The number of pyridine rings is 1. The predicted molar refractivity (Wildman–Crippen MR) is 138 cm³/mol. The van der Waals surface area contributed by atoms with E-state index in [1.54, 1.807) is 0 Å². The van der Waals surface area contributed by atoms with Crippen LogP contribution in [-0.4, -0.2) is 41.2 Å². The van der Waals surface area contributed by atoms with Crippen LogP contribution in [0.25, 0.3) is 22.2 Å². The molecule has 3 aromatic rings. The molecular weight excluding hydrogens is 410 g/mol. The second-order valence-electron chi connectivity index (χ2n) is 8.94. The summed E-state index contributed by atoms with van der Waals surface area (Å²) in [5.74, 6) is 0.536. The van der Waals surface area contributed by atoms with Crippen LogP contribution >= 0.6 is 0 Å². The number of allylic oxidation sites excluding steroid dienone is 2. The Bertz CT molecular complexity index is 1110. The van der Waals surface area contributed by atoms with Gasteiger partial charge in [0, 0.05) is 47.5 Å². The molecule has 4 rings (SSSR count). The van der Waals surface area contributed by atoms with Crippen molar-refractivity contribution in [2.75, 3.05) is 37.4 Å². The van der Waals surface area contributed by atoms with Crippen molar-refractivity contribution < 1.29 is 4.74 Å². The van der Waals surface area contributed by atoms with E-state index in [1.165, 1.54) is 16.6 Å². The van der Waals surface area contributed by atoms with Crippen LogP contribution in [-0.2, 0) is 11.3 Å². The van der Waals surface area contributed by atoms with E-state index in [-0.39, 0.29) is 0 Å². The Morgan fingerprint density at radius 3 is 2.76 bits per heavy atom. The van der Waals surface area contributed by atoms with Gasteiger partial charge in [0.15, 0.2) is 0 Å². The first kappa shape index (κ1) is 23.3. The average molecular weight is 448 g/mol. The number of nitrogens with zero attached hydrogens (tertiary/aromatic N) is 2. The van der Waals surface area contributed by atoms with E-state index in [1.807, 2.05) is 13.0 Å². The molecule has 4 N–H and O–H groups in total. The van der Waals surface area contributed by atoms with Gasteiger partial charge >= 0.3 is 0 Å². The Kier molecular flexibility index (Phi) is 7.68. The minimum Gasteiger partial charge on any atom is -0.384 e. The van der Waals surface area contributed by atoms with E-state index in [2.05, 4.69) is 64.4 Å². The molecule has 0 radical (unpaired) electrons. The van der Waals surface area contributed by atoms with Crippen molar-refractivity contribution in [1.29, 1.82) is 0 Å². The second kappa shape index (κ2) is 10.9. The predicted octanol–water partition coefficient (Wildman–Crippen LogP) is 5.85. The highest BCUT2D eigenvalue weighted by atomic mass is 16.5. The molecule has 176 valence electrons. The van der Waals surface area contributed by atoms with E-state index in [4.69, 9.17) is 10.5 Å². The first-order valence-electron chi connectivity index (χ1n) is 12.2. The lowest BCUT2D eigenvalue weighted by atomic mass is 10.1. The summed E-state index contributed by atoms with van der Waals surface area (Å²) >= 11 is 0. The van der Waals surface area contributed by atoms with Gasteiger partial charge in [0.1, 0.15) is 5.82 Å². The van der Waals surface area contributed by atoms with Crippen LogP contribution in [0.2, 0.25) is 0 Å². The standard InChI is InChI=1S/C27H37N5O/c1-4-6-8-22(7-5-2)30-27-19(3)29-26(28)17-23(27)25-16-21-15-20(9-10-24(21)31-25)18-32-11-13-33-14-12-32/h8-10,15-17,30-31H,4-7,11-14,18H2,1-3H3,(H2,28,29)/b22-8-. The molecule has 6 nitrogen and oxygen atoms in total. The van der Waals surface area contributed by atoms with Crippen LogP contribution in [0.3, 0.4) is 0 Å². The number of aryl methyl sites for hydroxylation is 1. The van der Waals surface area contributed by atoms with Gasteiger partial charge in [-0.15, -0.1) is 0 Å². The van der Waals surface area contributed by atoms with Crippen LogP contribution in [0, 0.1) is 6.92 Å². The van der Waals surface area contributed by atoms with E-state index < -0.39 is 0 Å².